The van der Waals surface area contributed by atoms with E-state index in [-0.39, 0.29) is 17.5 Å². The van der Waals surface area contributed by atoms with Gasteiger partial charge < -0.3 is 23.8 Å². The van der Waals surface area contributed by atoms with Gasteiger partial charge in [-0.1, -0.05) is 18.2 Å². The summed E-state index contributed by atoms with van der Waals surface area (Å²) in [6.07, 6.45) is -0.176. The number of methoxy groups -OCH3 is 3. The minimum Gasteiger partial charge on any atom is -0.493 e. The Kier molecular flexibility index (Phi) is 5.96. The topological polar surface area (TPSA) is 74.3 Å². The Hall–Kier alpha value is -3.22. The first-order valence-electron chi connectivity index (χ1n) is 9.33. The summed E-state index contributed by atoms with van der Waals surface area (Å²) in [6, 6.07) is 10.7. The first-order chi connectivity index (χ1) is 13.9. The molecule has 0 bridgehead atoms. The number of esters is 1. The second-order valence-electron chi connectivity index (χ2n) is 6.85. The maximum atomic E-state index is 13.0. The molecule has 2 aromatic carbocycles. The van der Waals surface area contributed by atoms with Crippen LogP contribution in [0.1, 0.15) is 29.8 Å². The van der Waals surface area contributed by atoms with E-state index in [0.717, 1.165) is 17.7 Å². The fourth-order valence-electron chi connectivity index (χ4n) is 3.58. The van der Waals surface area contributed by atoms with Gasteiger partial charge >= 0.3 is 5.97 Å². The summed E-state index contributed by atoms with van der Waals surface area (Å²) in [7, 11) is 4.41. The number of hydrogen-bond donors (Lipinski definition) is 0. The number of para-hydroxylation sites is 1. The van der Waals surface area contributed by atoms with Gasteiger partial charge in [0.05, 0.1) is 26.9 Å². The highest BCUT2D eigenvalue weighted by atomic mass is 16.6. The van der Waals surface area contributed by atoms with E-state index in [0.29, 0.717) is 17.2 Å². The lowest BCUT2D eigenvalue weighted by Gasteiger charge is -2.26. The average Bonchev–Trinajstić information content (AvgIpc) is 3.07. The van der Waals surface area contributed by atoms with Crippen molar-refractivity contribution in [2.45, 2.75) is 32.4 Å². The molecule has 0 aliphatic carbocycles. The molecule has 0 spiro atoms. The largest absolute Gasteiger partial charge is 0.493 e. The van der Waals surface area contributed by atoms with Gasteiger partial charge in [-0.2, -0.15) is 0 Å². The summed E-state index contributed by atoms with van der Waals surface area (Å²) < 4.78 is 21.3. The van der Waals surface area contributed by atoms with Crippen molar-refractivity contribution in [3.05, 3.63) is 47.5 Å². The number of nitrogens with zero attached hydrogens (tertiary/aromatic N) is 1. The van der Waals surface area contributed by atoms with E-state index in [9.17, 15) is 9.59 Å². The summed E-state index contributed by atoms with van der Waals surface area (Å²) in [4.78, 5) is 27.4. The van der Waals surface area contributed by atoms with Gasteiger partial charge in [-0.3, -0.25) is 4.79 Å². The summed E-state index contributed by atoms with van der Waals surface area (Å²) in [5.41, 5.74) is 2.17. The molecule has 0 N–H and O–H groups in total. The Bertz CT molecular complexity index is 900. The Morgan fingerprint density at radius 3 is 2.24 bits per heavy atom. The first kappa shape index (κ1) is 20.5. The number of fused-ring (bicyclic) bond motifs is 1. The molecule has 2 aromatic rings. The van der Waals surface area contributed by atoms with Crippen molar-refractivity contribution in [2.24, 2.45) is 0 Å². The third-order valence-corrected chi connectivity index (χ3v) is 4.98. The van der Waals surface area contributed by atoms with Crippen LogP contribution in [0.4, 0.5) is 5.69 Å². The van der Waals surface area contributed by atoms with Crippen LogP contribution >= 0.6 is 0 Å². The third kappa shape index (κ3) is 3.85. The number of ether oxygens (including phenoxy) is 4. The number of anilines is 1. The smallest absolute Gasteiger partial charge is 0.339 e. The molecule has 0 fully saturated rings. The number of carbonyl (C=O) groups excluding carboxylic acids is 2. The number of hydrogen-bond acceptors (Lipinski definition) is 6. The minimum absolute atomic E-state index is 0.00206. The third-order valence-electron chi connectivity index (χ3n) is 4.98. The standard InChI is InChI=1S/C22H25NO6/c1-13-10-15-8-6-7-9-17(15)23(13)21(24)14(2)29-22(25)16-11-18(26-3)20(28-5)19(12-16)27-4/h6-9,11-14H,10H2,1-5H3/t13-,14+/m0/s1. The fraction of sp³-hybridized carbons (Fsp3) is 0.364. The lowest BCUT2D eigenvalue weighted by Crippen LogP contribution is -2.43. The number of amides is 1. The molecule has 1 aliphatic rings. The molecular formula is C22H25NO6. The molecule has 0 saturated heterocycles. The number of carbonyl (C=O) groups is 2. The van der Waals surface area contributed by atoms with Gasteiger partial charge in [0.25, 0.3) is 5.91 Å². The lowest BCUT2D eigenvalue weighted by atomic mass is 10.1. The van der Waals surface area contributed by atoms with Crippen molar-refractivity contribution in [2.75, 3.05) is 26.2 Å². The molecule has 29 heavy (non-hydrogen) atoms. The van der Waals surface area contributed by atoms with Gasteiger partial charge in [0.1, 0.15) is 0 Å². The van der Waals surface area contributed by atoms with Gasteiger partial charge in [-0.25, -0.2) is 4.79 Å². The molecule has 1 heterocycles. The molecular weight excluding hydrogens is 374 g/mol. The first-order valence-corrected chi connectivity index (χ1v) is 9.33. The summed E-state index contributed by atoms with van der Waals surface area (Å²) in [5, 5.41) is 0. The Morgan fingerprint density at radius 1 is 1.03 bits per heavy atom. The normalized spacial score (nSPS) is 16.0. The van der Waals surface area contributed by atoms with E-state index in [2.05, 4.69) is 0 Å². The highest BCUT2D eigenvalue weighted by Gasteiger charge is 2.34. The van der Waals surface area contributed by atoms with Crippen LogP contribution in [0.3, 0.4) is 0 Å². The summed E-state index contributed by atoms with van der Waals surface area (Å²) in [5.74, 6) is 0.131. The molecule has 0 saturated carbocycles. The van der Waals surface area contributed by atoms with Gasteiger partial charge in [0, 0.05) is 11.7 Å². The van der Waals surface area contributed by atoms with E-state index >= 15 is 0 Å². The van der Waals surface area contributed by atoms with Crippen molar-refractivity contribution < 1.29 is 28.5 Å². The predicted octanol–water partition coefficient (Wildman–Crippen LogP) is 3.24. The Morgan fingerprint density at radius 2 is 1.66 bits per heavy atom. The average molecular weight is 399 g/mol. The van der Waals surface area contributed by atoms with Gasteiger partial charge in [0.2, 0.25) is 5.75 Å². The highest BCUT2D eigenvalue weighted by molar-refractivity contribution is 6.01. The van der Waals surface area contributed by atoms with Crippen LogP contribution in [0.5, 0.6) is 17.2 Å². The fourth-order valence-corrected chi connectivity index (χ4v) is 3.58. The van der Waals surface area contributed by atoms with E-state index < -0.39 is 12.1 Å². The summed E-state index contributed by atoms with van der Waals surface area (Å²) >= 11 is 0. The second kappa shape index (κ2) is 8.43. The SMILES string of the molecule is COc1cc(C(=O)O[C@H](C)C(=O)N2c3ccccc3C[C@@H]2C)cc(OC)c1OC. The highest BCUT2D eigenvalue weighted by Crippen LogP contribution is 2.38. The number of benzene rings is 2. The molecule has 1 aliphatic heterocycles. The number of rotatable bonds is 6. The van der Waals surface area contributed by atoms with Crippen LogP contribution in [0, 0.1) is 0 Å². The zero-order valence-electron chi connectivity index (χ0n) is 17.2. The maximum absolute atomic E-state index is 13.0. The predicted molar refractivity (Wildman–Crippen MR) is 108 cm³/mol. The second-order valence-corrected chi connectivity index (χ2v) is 6.85. The van der Waals surface area contributed by atoms with Crippen molar-refractivity contribution in [3.63, 3.8) is 0 Å². The molecule has 0 unspecified atom stereocenters. The molecule has 3 rings (SSSR count). The van der Waals surface area contributed by atoms with Crippen LogP contribution < -0.4 is 19.1 Å². The maximum Gasteiger partial charge on any atom is 0.339 e. The van der Waals surface area contributed by atoms with Crippen LogP contribution in [-0.2, 0) is 16.0 Å². The lowest BCUT2D eigenvalue weighted by molar-refractivity contribution is -0.126. The zero-order valence-corrected chi connectivity index (χ0v) is 17.2. The van der Waals surface area contributed by atoms with E-state index in [1.165, 1.54) is 33.5 Å². The molecule has 0 aromatic heterocycles. The molecule has 1 amide bonds. The van der Waals surface area contributed by atoms with E-state index in [4.69, 9.17) is 18.9 Å². The van der Waals surface area contributed by atoms with E-state index in [1.807, 2.05) is 31.2 Å². The molecule has 2 atom stereocenters. The van der Waals surface area contributed by atoms with Crippen molar-refractivity contribution in [3.8, 4) is 17.2 Å². The van der Waals surface area contributed by atoms with Gasteiger partial charge in [-0.15, -0.1) is 0 Å². The van der Waals surface area contributed by atoms with Crippen molar-refractivity contribution in [1.29, 1.82) is 0 Å². The Balaban J connectivity index is 1.80. The van der Waals surface area contributed by atoms with Gasteiger partial charge in [0.15, 0.2) is 17.6 Å². The van der Waals surface area contributed by atoms with Crippen LogP contribution in [-0.4, -0.2) is 45.4 Å². The van der Waals surface area contributed by atoms with Crippen molar-refractivity contribution >= 4 is 17.6 Å². The zero-order chi connectivity index (χ0) is 21.1. The molecule has 7 nitrogen and oxygen atoms in total. The van der Waals surface area contributed by atoms with E-state index in [1.54, 1.807) is 11.8 Å². The van der Waals surface area contributed by atoms with Crippen LogP contribution in [0.15, 0.2) is 36.4 Å². The van der Waals surface area contributed by atoms with Crippen molar-refractivity contribution in [1.82, 2.24) is 0 Å². The Labute approximate surface area is 170 Å². The molecule has 154 valence electrons. The van der Waals surface area contributed by atoms with Crippen LogP contribution in [0.25, 0.3) is 0 Å². The van der Waals surface area contributed by atoms with Gasteiger partial charge in [-0.05, 0) is 44.0 Å². The molecule has 0 radical (unpaired) electrons. The molecule has 7 heteroatoms. The monoisotopic (exact) mass is 399 g/mol. The van der Waals surface area contributed by atoms with Crippen LogP contribution in [0.2, 0.25) is 0 Å². The minimum atomic E-state index is -0.949. The quantitative estimate of drug-likeness (QED) is 0.695. The summed E-state index contributed by atoms with van der Waals surface area (Å²) in [6.45, 7) is 3.55.